The molecule has 1 amide bonds. The predicted octanol–water partition coefficient (Wildman–Crippen LogP) is 3.00. The molecule has 1 aromatic carbocycles. The molecule has 0 aliphatic heterocycles. The van der Waals surface area contributed by atoms with Crippen LogP contribution in [0.25, 0.3) is 0 Å². The fraction of sp³-hybridized carbons (Fsp3) is 0.588. The summed E-state index contributed by atoms with van der Waals surface area (Å²) in [7, 11) is 0. The monoisotopic (exact) mass is 273 g/mol. The van der Waals surface area contributed by atoms with E-state index in [1.54, 1.807) is 0 Å². The molecule has 3 rings (SSSR count). The van der Waals surface area contributed by atoms with E-state index >= 15 is 0 Å². The number of hydrogen-bond acceptors (Lipinski definition) is 2. The summed E-state index contributed by atoms with van der Waals surface area (Å²) in [4.78, 5) is 11.9. The van der Waals surface area contributed by atoms with Crippen molar-refractivity contribution in [2.75, 3.05) is 6.61 Å². The lowest BCUT2D eigenvalue weighted by Crippen LogP contribution is -2.38. The molecule has 0 unspecified atom stereocenters. The number of carbonyl (C=O) groups is 1. The zero-order chi connectivity index (χ0) is 13.8. The highest BCUT2D eigenvalue weighted by atomic mass is 16.5. The molecule has 1 aromatic rings. The van der Waals surface area contributed by atoms with Gasteiger partial charge in [0.05, 0.1) is 0 Å². The number of fused-ring (bicyclic) bond motifs is 1. The van der Waals surface area contributed by atoms with Gasteiger partial charge >= 0.3 is 0 Å². The third-order valence-corrected chi connectivity index (χ3v) is 4.41. The van der Waals surface area contributed by atoms with Gasteiger partial charge in [0.1, 0.15) is 5.75 Å². The first-order chi connectivity index (χ1) is 9.81. The van der Waals surface area contributed by atoms with Gasteiger partial charge in [-0.25, -0.2) is 0 Å². The third kappa shape index (κ3) is 3.33. The second-order valence-electron chi connectivity index (χ2n) is 5.98. The number of aryl methyl sites for hydroxylation is 2. The van der Waals surface area contributed by atoms with Crippen LogP contribution in [0.5, 0.6) is 5.75 Å². The maximum Gasteiger partial charge on any atom is 0.258 e. The zero-order valence-electron chi connectivity index (χ0n) is 12.0. The molecule has 1 fully saturated rings. The van der Waals surface area contributed by atoms with Gasteiger partial charge in [-0.1, -0.05) is 25.3 Å². The molecule has 0 saturated heterocycles. The van der Waals surface area contributed by atoms with Crippen molar-refractivity contribution in [1.82, 2.24) is 5.32 Å². The lowest BCUT2D eigenvalue weighted by Gasteiger charge is -2.22. The molecular weight excluding hydrogens is 250 g/mol. The van der Waals surface area contributed by atoms with Crippen LogP contribution < -0.4 is 10.1 Å². The number of rotatable bonds is 4. The van der Waals surface area contributed by atoms with Crippen molar-refractivity contribution in [3.63, 3.8) is 0 Å². The van der Waals surface area contributed by atoms with Crippen molar-refractivity contribution >= 4 is 5.91 Å². The number of amides is 1. The quantitative estimate of drug-likeness (QED) is 0.916. The van der Waals surface area contributed by atoms with Crippen LogP contribution in [0.15, 0.2) is 18.2 Å². The number of benzene rings is 1. The van der Waals surface area contributed by atoms with Crippen LogP contribution in [-0.2, 0) is 17.6 Å². The molecule has 3 heteroatoms. The van der Waals surface area contributed by atoms with Crippen molar-refractivity contribution in [2.24, 2.45) is 0 Å². The van der Waals surface area contributed by atoms with Gasteiger partial charge in [0, 0.05) is 6.04 Å². The Bertz CT molecular complexity index is 478. The summed E-state index contributed by atoms with van der Waals surface area (Å²) in [6, 6.07) is 6.57. The first-order valence-corrected chi connectivity index (χ1v) is 7.85. The molecule has 2 aliphatic carbocycles. The van der Waals surface area contributed by atoms with Gasteiger partial charge in [0.2, 0.25) is 0 Å². The van der Waals surface area contributed by atoms with Crippen LogP contribution in [0.1, 0.15) is 49.7 Å². The standard InChI is InChI=1S/C17H23NO2/c19-17(18-15-7-2-1-3-8-15)12-20-16-10-9-13-5-4-6-14(13)11-16/h9-11,15H,1-8,12H2,(H,18,19). The number of nitrogens with one attached hydrogen (secondary N) is 1. The summed E-state index contributed by atoms with van der Waals surface area (Å²) >= 11 is 0. The summed E-state index contributed by atoms with van der Waals surface area (Å²) < 4.78 is 5.62. The highest BCUT2D eigenvalue weighted by Crippen LogP contribution is 2.26. The molecule has 0 spiro atoms. The second-order valence-corrected chi connectivity index (χ2v) is 5.98. The summed E-state index contributed by atoms with van der Waals surface area (Å²) in [5.74, 6) is 0.835. The second kappa shape index (κ2) is 6.29. The van der Waals surface area contributed by atoms with E-state index in [9.17, 15) is 4.79 Å². The van der Waals surface area contributed by atoms with Crippen LogP contribution in [0.2, 0.25) is 0 Å². The minimum atomic E-state index is 0.0115. The Morgan fingerprint density at radius 1 is 1.10 bits per heavy atom. The molecule has 0 radical (unpaired) electrons. The highest BCUT2D eigenvalue weighted by molar-refractivity contribution is 5.77. The smallest absolute Gasteiger partial charge is 0.258 e. The predicted molar refractivity (Wildman–Crippen MR) is 79.0 cm³/mol. The lowest BCUT2D eigenvalue weighted by molar-refractivity contribution is -0.124. The summed E-state index contributed by atoms with van der Waals surface area (Å²) in [6.45, 7) is 0.134. The number of hydrogen-bond donors (Lipinski definition) is 1. The van der Waals surface area contributed by atoms with Crippen molar-refractivity contribution in [2.45, 2.75) is 57.4 Å². The van der Waals surface area contributed by atoms with Gasteiger partial charge in [-0.3, -0.25) is 4.79 Å². The fourth-order valence-corrected chi connectivity index (χ4v) is 3.30. The number of ether oxygens (including phenoxy) is 1. The molecule has 3 nitrogen and oxygen atoms in total. The summed E-state index contributed by atoms with van der Waals surface area (Å²) in [5, 5.41) is 3.08. The maximum absolute atomic E-state index is 11.9. The summed E-state index contributed by atoms with van der Waals surface area (Å²) in [6.07, 6.45) is 9.56. The first-order valence-electron chi connectivity index (χ1n) is 7.85. The van der Waals surface area contributed by atoms with E-state index < -0.39 is 0 Å². The average molecular weight is 273 g/mol. The highest BCUT2D eigenvalue weighted by Gasteiger charge is 2.16. The average Bonchev–Trinajstić information content (AvgIpc) is 2.93. The minimum Gasteiger partial charge on any atom is -0.484 e. The zero-order valence-corrected chi connectivity index (χ0v) is 12.0. The Hall–Kier alpha value is -1.51. The largest absolute Gasteiger partial charge is 0.484 e. The number of carbonyl (C=O) groups excluding carboxylic acids is 1. The Balaban J connectivity index is 1.47. The Morgan fingerprint density at radius 2 is 1.90 bits per heavy atom. The first kappa shape index (κ1) is 13.5. The maximum atomic E-state index is 11.9. The molecule has 1 N–H and O–H groups in total. The summed E-state index contributed by atoms with van der Waals surface area (Å²) in [5.41, 5.74) is 2.82. The minimum absolute atomic E-state index is 0.0115. The van der Waals surface area contributed by atoms with Gasteiger partial charge in [0.15, 0.2) is 6.61 Å². The molecule has 0 bridgehead atoms. The Kier molecular flexibility index (Phi) is 4.24. The van der Waals surface area contributed by atoms with Crippen molar-refractivity contribution in [1.29, 1.82) is 0 Å². The molecule has 0 heterocycles. The van der Waals surface area contributed by atoms with Crippen LogP contribution in [0.3, 0.4) is 0 Å². The SMILES string of the molecule is O=C(COc1ccc2c(c1)CCC2)NC1CCCCC1. The van der Waals surface area contributed by atoms with E-state index in [-0.39, 0.29) is 12.5 Å². The topological polar surface area (TPSA) is 38.3 Å². The van der Waals surface area contributed by atoms with Gasteiger partial charge in [-0.15, -0.1) is 0 Å². The van der Waals surface area contributed by atoms with Crippen molar-refractivity contribution in [3.8, 4) is 5.75 Å². The Morgan fingerprint density at radius 3 is 2.75 bits per heavy atom. The van der Waals surface area contributed by atoms with E-state index in [0.717, 1.165) is 25.0 Å². The van der Waals surface area contributed by atoms with Crippen LogP contribution in [-0.4, -0.2) is 18.6 Å². The Labute approximate surface area is 120 Å². The van der Waals surface area contributed by atoms with E-state index in [0.29, 0.717) is 6.04 Å². The fourth-order valence-electron chi connectivity index (χ4n) is 3.30. The van der Waals surface area contributed by atoms with Crippen LogP contribution in [0.4, 0.5) is 0 Å². The van der Waals surface area contributed by atoms with Crippen LogP contribution >= 0.6 is 0 Å². The molecule has 2 aliphatic rings. The van der Waals surface area contributed by atoms with Gasteiger partial charge in [-0.05, 0) is 55.4 Å². The molecule has 0 atom stereocenters. The third-order valence-electron chi connectivity index (χ3n) is 4.41. The van der Waals surface area contributed by atoms with Crippen molar-refractivity contribution in [3.05, 3.63) is 29.3 Å². The van der Waals surface area contributed by atoms with Crippen LogP contribution in [0, 0.1) is 0 Å². The van der Waals surface area contributed by atoms with Crippen molar-refractivity contribution < 1.29 is 9.53 Å². The molecule has 108 valence electrons. The molecule has 0 aromatic heterocycles. The molecular formula is C17H23NO2. The molecule has 1 saturated carbocycles. The van der Waals surface area contributed by atoms with E-state index in [1.165, 1.54) is 43.2 Å². The molecule has 20 heavy (non-hydrogen) atoms. The van der Waals surface area contributed by atoms with E-state index in [1.807, 2.05) is 6.07 Å². The van der Waals surface area contributed by atoms with Gasteiger partial charge < -0.3 is 10.1 Å². The van der Waals surface area contributed by atoms with E-state index in [2.05, 4.69) is 17.4 Å². The van der Waals surface area contributed by atoms with Gasteiger partial charge in [-0.2, -0.15) is 0 Å². The lowest BCUT2D eigenvalue weighted by atomic mass is 9.95. The van der Waals surface area contributed by atoms with Gasteiger partial charge in [0.25, 0.3) is 5.91 Å². The van der Waals surface area contributed by atoms with E-state index in [4.69, 9.17) is 4.74 Å². The normalized spacial score (nSPS) is 18.6.